The van der Waals surface area contributed by atoms with Crippen LogP contribution >= 0.6 is 0 Å². The second kappa shape index (κ2) is 7.06. The summed E-state index contributed by atoms with van der Waals surface area (Å²) in [6.07, 6.45) is 0. The number of rotatable bonds is 1. The van der Waals surface area contributed by atoms with Crippen LogP contribution in [0.25, 0.3) is 0 Å². The lowest BCUT2D eigenvalue weighted by molar-refractivity contribution is 0.465. The van der Waals surface area contributed by atoms with Gasteiger partial charge in [-0.3, -0.25) is 4.55 Å². The Balaban J connectivity index is 0.000000181. The van der Waals surface area contributed by atoms with Crippen molar-refractivity contribution in [3.8, 4) is 5.75 Å². The molecule has 0 saturated heterocycles. The van der Waals surface area contributed by atoms with E-state index in [2.05, 4.69) is 50.9 Å². The van der Waals surface area contributed by atoms with Crippen LogP contribution in [0.2, 0.25) is 0 Å². The van der Waals surface area contributed by atoms with Crippen molar-refractivity contribution in [1.82, 2.24) is 0 Å². The first-order chi connectivity index (χ1) is 11.5. The summed E-state index contributed by atoms with van der Waals surface area (Å²) in [4.78, 5) is 2.11. The molecule has 0 saturated carbocycles. The van der Waals surface area contributed by atoms with Crippen molar-refractivity contribution in [2.75, 3.05) is 11.9 Å². The molecule has 2 N–H and O–H groups in total. The molecule has 136 valence electrons. The Morgan fingerprint density at radius 3 is 2.24 bits per heavy atom. The lowest BCUT2D eigenvalue weighted by Crippen LogP contribution is -2.25. The number of fused-ring (bicyclic) bond motifs is 1. The van der Waals surface area contributed by atoms with E-state index in [1.165, 1.54) is 35.9 Å². The Bertz CT molecular complexity index is 877. The fourth-order valence-electron chi connectivity index (χ4n) is 3.04. The number of phenolic OH excluding ortho intramolecular Hbond substituents is 1. The van der Waals surface area contributed by atoms with Crippen LogP contribution in [-0.2, 0) is 10.1 Å². The van der Waals surface area contributed by atoms with Crippen molar-refractivity contribution in [3.05, 3.63) is 53.1 Å². The summed E-state index contributed by atoms with van der Waals surface area (Å²) in [6, 6.07) is 11.2. The Morgan fingerprint density at radius 1 is 1.04 bits per heavy atom. The molecule has 0 bridgehead atoms. The molecule has 1 aliphatic heterocycles. The van der Waals surface area contributed by atoms with Gasteiger partial charge >= 0.3 is 0 Å². The maximum atomic E-state index is 10.7. The lowest BCUT2D eigenvalue weighted by Gasteiger charge is -2.20. The molecule has 1 aliphatic rings. The molecule has 0 spiro atoms. The van der Waals surface area contributed by atoms with Gasteiger partial charge in [-0.2, -0.15) is 8.42 Å². The molecule has 0 radical (unpaired) electrons. The molecule has 0 amide bonds. The van der Waals surface area contributed by atoms with E-state index in [9.17, 15) is 8.42 Å². The number of phenols is 1. The fraction of sp³-hybridized carbons (Fsp3) is 0.368. The smallest absolute Gasteiger partial charge is 0.294 e. The summed E-state index contributed by atoms with van der Waals surface area (Å²) in [6.45, 7) is 8.30. The van der Waals surface area contributed by atoms with E-state index in [-0.39, 0.29) is 10.6 Å². The third kappa shape index (κ3) is 4.14. The van der Waals surface area contributed by atoms with Crippen molar-refractivity contribution >= 4 is 15.8 Å². The van der Waals surface area contributed by atoms with Gasteiger partial charge in [-0.25, -0.2) is 0 Å². The van der Waals surface area contributed by atoms with Crippen LogP contribution in [0.15, 0.2) is 41.3 Å². The van der Waals surface area contributed by atoms with Gasteiger partial charge in [0.05, 0.1) is 0 Å². The SMILES string of the molecule is Cc1ccc(O)cc1S(=O)(=O)O.Cc1ccc2c(c1)C(C)C(C)N2C. The van der Waals surface area contributed by atoms with Crippen LogP contribution in [0.1, 0.15) is 36.5 Å². The van der Waals surface area contributed by atoms with E-state index >= 15 is 0 Å². The largest absolute Gasteiger partial charge is 0.508 e. The lowest BCUT2D eigenvalue weighted by atomic mass is 9.97. The molecule has 0 aromatic heterocycles. The number of anilines is 1. The minimum atomic E-state index is -4.22. The quantitative estimate of drug-likeness (QED) is 0.752. The van der Waals surface area contributed by atoms with E-state index in [0.29, 0.717) is 17.5 Å². The zero-order chi connectivity index (χ0) is 18.9. The molecule has 1 heterocycles. The molecule has 6 heteroatoms. The highest BCUT2D eigenvalue weighted by Crippen LogP contribution is 2.39. The van der Waals surface area contributed by atoms with E-state index < -0.39 is 10.1 Å². The maximum absolute atomic E-state index is 10.7. The van der Waals surface area contributed by atoms with E-state index in [1.54, 1.807) is 0 Å². The van der Waals surface area contributed by atoms with Gasteiger partial charge in [-0.05, 0) is 44.0 Å². The van der Waals surface area contributed by atoms with Gasteiger partial charge in [-0.15, -0.1) is 0 Å². The summed E-state index contributed by atoms with van der Waals surface area (Å²) < 4.78 is 30.0. The number of benzene rings is 2. The minimum absolute atomic E-state index is 0.187. The van der Waals surface area contributed by atoms with Gasteiger partial charge < -0.3 is 10.0 Å². The molecular formula is C19H25NO4S. The van der Waals surface area contributed by atoms with Gasteiger partial charge in [0.25, 0.3) is 10.1 Å². The van der Waals surface area contributed by atoms with Gasteiger partial charge in [-0.1, -0.05) is 30.7 Å². The number of hydrogen-bond acceptors (Lipinski definition) is 4. The molecule has 3 rings (SSSR count). The highest BCUT2D eigenvalue weighted by atomic mass is 32.2. The summed E-state index contributed by atoms with van der Waals surface area (Å²) in [5, 5.41) is 8.93. The van der Waals surface area contributed by atoms with Crippen molar-refractivity contribution in [2.24, 2.45) is 0 Å². The predicted octanol–water partition coefficient (Wildman–Crippen LogP) is 3.88. The van der Waals surface area contributed by atoms with Gasteiger partial charge in [0.2, 0.25) is 0 Å². The second-order valence-electron chi connectivity index (χ2n) is 6.63. The molecule has 5 nitrogen and oxygen atoms in total. The number of nitrogens with zero attached hydrogens (tertiary/aromatic N) is 1. The van der Waals surface area contributed by atoms with Crippen LogP contribution < -0.4 is 4.90 Å². The molecular weight excluding hydrogens is 338 g/mol. The Labute approximate surface area is 149 Å². The predicted molar refractivity (Wildman–Crippen MR) is 100 cm³/mol. The normalized spacial score (nSPS) is 19.2. The number of aromatic hydroxyl groups is 1. The average Bonchev–Trinajstić information content (AvgIpc) is 2.74. The zero-order valence-corrected chi connectivity index (χ0v) is 16.0. The third-order valence-corrected chi connectivity index (χ3v) is 5.83. The summed E-state index contributed by atoms with van der Waals surface area (Å²) in [5.41, 5.74) is 4.68. The summed E-state index contributed by atoms with van der Waals surface area (Å²) in [7, 11) is -2.03. The highest BCUT2D eigenvalue weighted by molar-refractivity contribution is 7.85. The fourth-order valence-corrected chi connectivity index (χ4v) is 3.79. The van der Waals surface area contributed by atoms with Crippen molar-refractivity contribution in [2.45, 2.75) is 44.6 Å². The van der Waals surface area contributed by atoms with Crippen molar-refractivity contribution in [3.63, 3.8) is 0 Å². The first-order valence-electron chi connectivity index (χ1n) is 8.13. The Hall–Kier alpha value is -2.05. The van der Waals surface area contributed by atoms with Gasteiger partial charge in [0, 0.05) is 30.8 Å². The minimum Gasteiger partial charge on any atom is -0.508 e. The third-order valence-electron chi connectivity index (χ3n) is 4.84. The van der Waals surface area contributed by atoms with Crippen molar-refractivity contribution < 1.29 is 18.1 Å². The molecule has 2 atom stereocenters. The van der Waals surface area contributed by atoms with Crippen LogP contribution in [0.3, 0.4) is 0 Å². The molecule has 2 aromatic rings. The van der Waals surface area contributed by atoms with Crippen molar-refractivity contribution in [1.29, 1.82) is 0 Å². The molecule has 0 fully saturated rings. The van der Waals surface area contributed by atoms with E-state index in [4.69, 9.17) is 9.66 Å². The number of hydrogen-bond donors (Lipinski definition) is 2. The second-order valence-corrected chi connectivity index (χ2v) is 8.02. The monoisotopic (exact) mass is 363 g/mol. The van der Waals surface area contributed by atoms with Crippen LogP contribution in [0.5, 0.6) is 5.75 Å². The zero-order valence-electron chi connectivity index (χ0n) is 15.2. The van der Waals surface area contributed by atoms with Crippen LogP contribution in [0, 0.1) is 13.8 Å². The van der Waals surface area contributed by atoms with Crippen LogP contribution in [0.4, 0.5) is 5.69 Å². The van der Waals surface area contributed by atoms with Gasteiger partial charge in [0.1, 0.15) is 10.6 Å². The van der Waals surface area contributed by atoms with E-state index in [0.717, 1.165) is 6.07 Å². The first-order valence-corrected chi connectivity index (χ1v) is 9.57. The number of likely N-dealkylation sites (N-methyl/N-ethyl adjacent to an activating group) is 1. The topological polar surface area (TPSA) is 77.8 Å². The van der Waals surface area contributed by atoms with Gasteiger partial charge in [0.15, 0.2) is 0 Å². The molecule has 0 aliphatic carbocycles. The first kappa shape index (κ1) is 19.3. The Kier molecular flexibility index (Phi) is 5.44. The standard InChI is InChI=1S/C12H17N.C7H8O4S/c1-8-5-6-12-11(7-8)9(2)10(3)13(12)4;1-5-2-3-6(8)4-7(5)12(9,10)11/h5-7,9-10H,1-4H3;2-4,8H,1H3,(H,9,10,11). The summed E-state index contributed by atoms with van der Waals surface area (Å²) in [5.74, 6) is 0.480. The molecule has 2 unspecified atom stereocenters. The van der Waals surface area contributed by atoms with Crippen LogP contribution in [-0.4, -0.2) is 31.2 Å². The van der Waals surface area contributed by atoms with E-state index in [1.807, 2.05) is 0 Å². The number of aryl methyl sites for hydroxylation is 2. The highest BCUT2D eigenvalue weighted by Gasteiger charge is 2.29. The Morgan fingerprint density at radius 2 is 1.68 bits per heavy atom. The average molecular weight is 363 g/mol. The molecule has 2 aromatic carbocycles. The summed E-state index contributed by atoms with van der Waals surface area (Å²) >= 11 is 0. The molecule has 25 heavy (non-hydrogen) atoms. The maximum Gasteiger partial charge on any atom is 0.294 e.